The van der Waals surface area contributed by atoms with E-state index in [2.05, 4.69) is 26.4 Å². The lowest BCUT2D eigenvalue weighted by molar-refractivity contribution is 0.402. The van der Waals surface area contributed by atoms with Gasteiger partial charge in [-0.3, -0.25) is 0 Å². The van der Waals surface area contributed by atoms with E-state index >= 15 is 0 Å². The Morgan fingerprint density at radius 1 is 1.41 bits per heavy atom. The minimum absolute atomic E-state index is 0.607. The van der Waals surface area contributed by atoms with Gasteiger partial charge in [0.1, 0.15) is 12.0 Å². The highest BCUT2D eigenvalue weighted by Crippen LogP contribution is 2.38. The first-order chi connectivity index (χ1) is 8.38. The number of nitrogens with zero attached hydrogens (tertiary/aromatic N) is 2. The fourth-order valence-electron chi connectivity index (χ4n) is 1.57. The number of aromatic nitrogens is 3. The van der Waals surface area contributed by atoms with E-state index in [9.17, 15) is 0 Å². The van der Waals surface area contributed by atoms with Crippen molar-refractivity contribution in [2.75, 3.05) is 7.11 Å². The molecule has 0 fully saturated rings. The third kappa shape index (κ3) is 1.89. The Bertz CT molecular complexity index is 633. The summed E-state index contributed by atoms with van der Waals surface area (Å²) in [6, 6.07) is 4.13. The SMILES string of the molecule is COc1ncnc2[nH]cc(Sc3cccs3)c12. The largest absolute Gasteiger partial charge is 0.480 e. The number of H-pyrrole nitrogens is 1. The monoisotopic (exact) mass is 263 g/mol. The smallest absolute Gasteiger partial charge is 0.226 e. The van der Waals surface area contributed by atoms with Gasteiger partial charge in [0, 0.05) is 11.1 Å². The van der Waals surface area contributed by atoms with Crippen molar-refractivity contribution < 1.29 is 4.74 Å². The molecule has 17 heavy (non-hydrogen) atoms. The van der Waals surface area contributed by atoms with Crippen LogP contribution < -0.4 is 4.74 Å². The maximum atomic E-state index is 5.26. The second kappa shape index (κ2) is 4.38. The Hall–Kier alpha value is -1.53. The summed E-state index contributed by atoms with van der Waals surface area (Å²) >= 11 is 3.40. The number of nitrogens with one attached hydrogen (secondary N) is 1. The van der Waals surface area contributed by atoms with Gasteiger partial charge >= 0.3 is 0 Å². The number of methoxy groups -OCH3 is 1. The third-order valence-electron chi connectivity index (χ3n) is 2.30. The van der Waals surface area contributed by atoms with E-state index in [1.54, 1.807) is 30.2 Å². The van der Waals surface area contributed by atoms with Gasteiger partial charge in [-0.25, -0.2) is 9.97 Å². The third-order valence-corrected chi connectivity index (χ3v) is 4.38. The molecule has 0 saturated heterocycles. The topological polar surface area (TPSA) is 50.8 Å². The van der Waals surface area contributed by atoms with Crippen LogP contribution in [0.25, 0.3) is 11.0 Å². The fourth-order valence-corrected chi connectivity index (χ4v) is 3.42. The van der Waals surface area contributed by atoms with E-state index in [0.717, 1.165) is 15.9 Å². The predicted octanol–water partition coefficient (Wildman–Crippen LogP) is 3.18. The van der Waals surface area contributed by atoms with Crippen molar-refractivity contribution in [3.63, 3.8) is 0 Å². The zero-order chi connectivity index (χ0) is 11.7. The van der Waals surface area contributed by atoms with Crippen LogP contribution in [0.2, 0.25) is 0 Å². The van der Waals surface area contributed by atoms with Crippen molar-refractivity contribution in [3.8, 4) is 5.88 Å². The average Bonchev–Trinajstić information content (AvgIpc) is 2.99. The molecule has 86 valence electrons. The minimum atomic E-state index is 0.607. The van der Waals surface area contributed by atoms with Crippen LogP contribution >= 0.6 is 23.1 Å². The summed E-state index contributed by atoms with van der Waals surface area (Å²) in [5.74, 6) is 0.607. The number of aromatic amines is 1. The number of fused-ring (bicyclic) bond motifs is 1. The molecule has 3 aromatic rings. The zero-order valence-electron chi connectivity index (χ0n) is 9.01. The van der Waals surface area contributed by atoms with Gasteiger partial charge in [0.25, 0.3) is 0 Å². The lowest BCUT2D eigenvalue weighted by atomic mass is 10.4. The van der Waals surface area contributed by atoms with Crippen LogP contribution in [0, 0.1) is 0 Å². The molecule has 0 radical (unpaired) electrons. The van der Waals surface area contributed by atoms with Gasteiger partial charge in [0.2, 0.25) is 5.88 Å². The molecule has 0 saturated carbocycles. The molecule has 3 rings (SSSR count). The highest BCUT2D eigenvalue weighted by Gasteiger charge is 2.12. The van der Waals surface area contributed by atoms with Gasteiger partial charge in [0.05, 0.1) is 16.7 Å². The first-order valence-electron chi connectivity index (χ1n) is 4.96. The van der Waals surface area contributed by atoms with E-state index in [0.29, 0.717) is 5.88 Å². The molecule has 0 aliphatic carbocycles. The summed E-state index contributed by atoms with van der Waals surface area (Å²) in [5.41, 5.74) is 0.802. The second-order valence-corrected chi connectivity index (χ2v) is 5.58. The summed E-state index contributed by atoms with van der Waals surface area (Å²) in [6.45, 7) is 0. The number of rotatable bonds is 3. The van der Waals surface area contributed by atoms with Gasteiger partial charge in [0.15, 0.2) is 0 Å². The van der Waals surface area contributed by atoms with Gasteiger partial charge in [-0.05, 0) is 11.4 Å². The van der Waals surface area contributed by atoms with Crippen LogP contribution in [0.15, 0.2) is 39.1 Å². The molecule has 4 nitrogen and oxygen atoms in total. The van der Waals surface area contributed by atoms with Gasteiger partial charge in [-0.15, -0.1) is 11.3 Å². The number of hydrogen-bond acceptors (Lipinski definition) is 5. The highest BCUT2D eigenvalue weighted by molar-refractivity contribution is 8.01. The molecule has 0 amide bonds. The molecule has 0 bridgehead atoms. The number of hydrogen-bond donors (Lipinski definition) is 1. The zero-order valence-corrected chi connectivity index (χ0v) is 10.6. The van der Waals surface area contributed by atoms with Crippen molar-refractivity contribution in [3.05, 3.63) is 30.0 Å². The maximum absolute atomic E-state index is 5.26. The van der Waals surface area contributed by atoms with E-state index in [-0.39, 0.29) is 0 Å². The Balaban J connectivity index is 2.10. The van der Waals surface area contributed by atoms with Crippen molar-refractivity contribution in [1.82, 2.24) is 15.0 Å². The molecule has 0 unspecified atom stereocenters. The summed E-state index contributed by atoms with van der Waals surface area (Å²) < 4.78 is 6.50. The highest BCUT2D eigenvalue weighted by atomic mass is 32.2. The van der Waals surface area contributed by atoms with Crippen LogP contribution in [0.3, 0.4) is 0 Å². The number of thiophene rings is 1. The normalized spacial score (nSPS) is 10.9. The molecule has 0 atom stereocenters. The molecule has 0 aliphatic rings. The van der Waals surface area contributed by atoms with E-state index < -0.39 is 0 Å². The second-order valence-electron chi connectivity index (χ2n) is 3.29. The standard InChI is InChI=1S/C11H9N3OS2/c1-15-11-9-7(17-8-3-2-4-16-8)5-12-10(9)13-6-14-11/h2-6H,1H3,(H,12,13,14). The van der Waals surface area contributed by atoms with Crippen molar-refractivity contribution in [1.29, 1.82) is 0 Å². The average molecular weight is 263 g/mol. The Morgan fingerprint density at radius 3 is 3.12 bits per heavy atom. The first kappa shape index (κ1) is 10.6. The van der Waals surface area contributed by atoms with Crippen molar-refractivity contribution in [2.24, 2.45) is 0 Å². The van der Waals surface area contributed by atoms with Crippen LogP contribution in [-0.4, -0.2) is 22.1 Å². The first-order valence-corrected chi connectivity index (χ1v) is 6.65. The van der Waals surface area contributed by atoms with Crippen LogP contribution in [0.1, 0.15) is 0 Å². The number of ether oxygens (including phenoxy) is 1. The predicted molar refractivity (Wildman–Crippen MR) is 68.9 cm³/mol. The molecule has 3 heterocycles. The van der Waals surface area contributed by atoms with Gasteiger partial charge in [-0.2, -0.15) is 0 Å². The summed E-state index contributed by atoms with van der Waals surface area (Å²) in [7, 11) is 1.62. The lowest BCUT2D eigenvalue weighted by Crippen LogP contribution is -1.89. The quantitative estimate of drug-likeness (QED) is 0.788. The molecular weight excluding hydrogens is 254 g/mol. The van der Waals surface area contributed by atoms with E-state index in [1.165, 1.54) is 10.5 Å². The van der Waals surface area contributed by atoms with E-state index in [4.69, 9.17) is 4.74 Å². The van der Waals surface area contributed by atoms with Crippen LogP contribution in [-0.2, 0) is 0 Å². The van der Waals surface area contributed by atoms with Crippen molar-refractivity contribution >= 4 is 34.1 Å². The van der Waals surface area contributed by atoms with Crippen LogP contribution in [0.5, 0.6) is 5.88 Å². The Labute approximate surface area is 106 Å². The molecule has 6 heteroatoms. The summed E-state index contributed by atoms with van der Waals surface area (Å²) in [5, 5.41) is 3.00. The molecule has 0 spiro atoms. The van der Waals surface area contributed by atoms with Crippen molar-refractivity contribution in [2.45, 2.75) is 9.10 Å². The molecule has 0 aliphatic heterocycles. The lowest BCUT2D eigenvalue weighted by Gasteiger charge is -2.01. The minimum Gasteiger partial charge on any atom is -0.480 e. The Kier molecular flexibility index (Phi) is 2.74. The maximum Gasteiger partial charge on any atom is 0.226 e. The molecule has 3 aromatic heterocycles. The fraction of sp³-hybridized carbons (Fsp3) is 0.0909. The molecular formula is C11H9N3OS2. The molecule has 0 aromatic carbocycles. The Morgan fingerprint density at radius 2 is 2.35 bits per heavy atom. The van der Waals surface area contributed by atoms with Gasteiger partial charge in [-0.1, -0.05) is 17.8 Å². The molecule has 1 N–H and O–H groups in total. The van der Waals surface area contributed by atoms with E-state index in [1.807, 2.05) is 12.3 Å². The summed E-state index contributed by atoms with van der Waals surface area (Å²) in [4.78, 5) is 12.5. The van der Waals surface area contributed by atoms with Gasteiger partial charge < -0.3 is 9.72 Å². The van der Waals surface area contributed by atoms with Crippen LogP contribution in [0.4, 0.5) is 0 Å². The summed E-state index contributed by atoms with van der Waals surface area (Å²) in [6.07, 6.45) is 3.43.